The normalized spacial score (nSPS) is 10.9. The van der Waals surface area contributed by atoms with Crippen LogP contribution in [0.25, 0.3) is 27.8 Å². The van der Waals surface area contributed by atoms with Crippen LogP contribution in [0.3, 0.4) is 0 Å². The van der Waals surface area contributed by atoms with Crippen molar-refractivity contribution in [1.82, 2.24) is 29.6 Å². The van der Waals surface area contributed by atoms with E-state index in [-0.39, 0.29) is 11.6 Å². The average molecular weight is 377 g/mol. The van der Waals surface area contributed by atoms with Crippen molar-refractivity contribution in [2.45, 2.75) is 6.92 Å². The van der Waals surface area contributed by atoms with E-state index in [0.29, 0.717) is 18.0 Å². The van der Waals surface area contributed by atoms with Gasteiger partial charge in [0, 0.05) is 38.2 Å². The Morgan fingerprint density at radius 3 is 2.79 bits per heavy atom. The van der Waals surface area contributed by atoms with Crippen LogP contribution in [-0.4, -0.2) is 36.9 Å². The number of aryl methyl sites for hydroxylation is 1. The average Bonchev–Trinajstić information content (AvgIpc) is 3.32. The van der Waals surface area contributed by atoms with E-state index in [1.165, 1.54) is 4.57 Å². The Kier molecular flexibility index (Phi) is 4.40. The number of benzene rings is 1. The second kappa shape index (κ2) is 7.03. The first-order chi connectivity index (χ1) is 13.5. The molecule has 3 N–H and O–H groups in total. The molecule has 0 atom stereocenters. The molecule has 0 aliphatic rings. The number of amides is 2. The van der Waals surface area contributed by atoms with Crippen LogP contribution in [0.15, 0.2) is 53.7 Å². The summed E-state index contributed by atoms with van der Waals surface area (Å²) in [5.41, 5.74) is 3.64. The Morgan fingerprint density at radius 1 is 1.21 bits per heavy atom. The van der Waals surface area contributed by atoms with Gasteiger partial charge in [-0.05, 0) is 42.3 Å². The molecule has 142 valence electrons. The van der Waals surface area contributed by atoms with E-state index in [0.717, 1.165) is 22.3 Å². The summed E-state index contributed by atoms with van der Waals surface area (Å²) in [6.07, 6.45) is 5.23. The minimum absolute atomic E-state index is 0.0983. The van der Waals surface area contributed by atoms with Gasteiger partial charge in [-0.3, -0.25) is 10.1 Å². The molecule has 0 aliphatic carbocycles. The lowest BCUT2D eigenvalue weighted by atomic mass is 10.1. The summed E-state index contributed by atoms with van der Waals surface area (Å²) in [6, 6.07) is 8.73. The summed E-state index contributed by atoms with van der Waals surface area (Å²) in [7, 11) is 1.71. The largest absolute Gasteiger partial charge is 0.338 e. The molecule has 9 heteroatoms. The highest BCUT2D eigenvalue weighted by molar-refractivity contribution is 5.94. The van der Waals surface area contributed by atoms with Crippen molar-refractivity contribution >= 4 is 23.0 Å². The maximum Gasteiger partial charge on any atom is 0.321 e. The smallest absolute Gasteiger partial charge is 0.321 e. The van der Waals surface area contributed by atoms with Crippen molar-refractivity contribution in [2.24, 2.45) is 7.05 Å². The van der Waals surface area contributed by atoms with Gasteiger partial charge in [0.05, 0.1) is 16.7 Å². The second-order valence-corrected chi connectivity index (χ2v) is 6.27. The number of nitrogens with zero attached hydrogens (tertiary/aromatic N) is 4. The van der Waals surface area contributed by atoms with Gasteiger partial charge in [0.25, 0.3) is 5.56 Å². The molecule has 2 amide bonds. The SMILES string of the molecule is CCNC(=O)Nc1nc2cc(-c3ccn(C)c(=O)c3)cc(-n3cccn3)c2[nH]1. The highest BCUT2D eigenvalue weighted by Crippen LogP contribution is 2.29. The van der Waals surface area contributed by atoms with Gasteiger partial charge in [0.2, 0.25) is 5.95 Å². The number of aromatic nitrogens is 5. The standard InChI is InChI=1S/C19H19N7O2/c1-3-20-19(28)24-18-22-14-9-13(12-5-8-25(2)16(27)11-12)10-15(17(14)23-18)26-7-4-6-21-26/h4-11H,3H2,1-2H3,(H3,20,22,23,24,28). The van der Waals surface area contributed by atoms with Gasteiger partial charge < -0.3 is 14.9 Å². The van der Waals surface area contributed by atoms with E-state index in [4.69, 9.17) is 0 Å². The third-order valence-electron chi connectivity index (χ3n) is 4.33. The zero-order chi connectivity index (χ0) is 19.7. The third-order valence-corrected chi connectivity index (χ3v) is 4.33. The zero-order valence-corrected chi connectivity index (χ0v) is 15.4. The molecule has 4 aromatic rings. The molecule has 0 saturated carbocycles. The van der Waals surface area contributed by atoms with E-state index in [1.807, 2.05) is 37.4 Å². The van der Waals surface area contributed by atoms with Crippen LogP contribution in [0.1, 0.15) is 6.92 Å². The summed E-state index contributed by atoms with van der Waals surface area (Å²) in [5.74, 6) is 0.329. The van der Waals surface area contributed by atoms with Crippen LogP contribution in [0.2, 0.25) is 0 Å². The number of urea groups is 1. The number of hydrogen-bond donors (Lipinski definition) is 3. The fourth-order valence-electron chi connectivity index (χ4n) is 2.95. The number of hydrogen-bond acceptors (Lipinski definition) is 4. The highest BCUT2D eigenvalue weighted by Gasteiger charge is 2.14. The number of nitrogens with one attached hydrogen (secondary N) is 3. The fourth-order valence-corrected chi connectivity index (χ4v) is 2.95. The summed E-state index contributed by atoms with van der Waals surface area (Å²) in [6.45, 7) is 2.35. The van der Waals surface area contributed by atoms with Crippen molar-refractivity contribution < 1.29 is 4.79 Å². The van der Waals surface area contributed by atoms with E-state index >= 15 is 0 Å². The highest BCUT2D eigenvalue weighted by atomic mass is 16.2. The van der Waals surface area contributed by atoms with Crippen LogP contribution >= 0.6 is 0 Å². The maximum atomic E-state index is 12.0. The van der Waals surface area contributed by atoms with Crippen molar-refractivity contribution in [3.63, 3.8) is 0 Å². The maximum absolute atomic E-state index is 12.0. The number of imidazole rings is 1. The Labute approximate surface area is 160 Å². The van der Waals surface area contributed by atoms with Crippen LogP contribution in [0, 0.1) is 0 Å². The summed E-state index contributed by atoms with van der Waals surface area (Å²) >= 11 is 0. The van der Waals surface area contributed by atoms with Gasteiger partial charge in [-0.1, -0.05) is 0 Å². The molecular weight excluding hydrogens is 358 g/mol. The van der Waals surface area contributed by atoms with Gasteiger partial charge in [0.15, 0.2) is 0 Å². The predicted octanol–water partition coefficient (Wildman–Crippen LogP) is 2.26. The Morgan fingerprint density at radius 2 is 2.07 bits per heavy atom. The lowest BCUT2D eigenvalue weighted by Gasteiger charge is -2.08. The fraction of sp³-hybridized carbons (Fsp3) is 0.158. The molecular formula is C19H19N7O2. The zero-order valence-electron chi connectivity index (χ0n) is 15.4. The van der Waals surface area contributed by atoms with Crippen molar-refractivity contribution in [3.8, 4) is 16.8 Å². The molecule has 0 saturated heterocycles. The minimum atomic E-state index is -0.339. The third kappa shape index (κ3) is 3.25. The number of H-pyrrole nitrogens is 1. The van der Waals surface area contributed by atoms with Gasteiger partial charge in [-0.15, -0.1) is 0 Å². The number of anilines is 1. The number of aromatic amines is 1. The molecule has 28 heavy (non-hydrogen) atoms. The van der Waals surface area contributed by atoms with Crippen LogP contribution in [-0.2, 0) is 7.05 Å². The summed E-state index contributed by atoms with van der Waals surface area (Å²) in [5, 5.41) is 9.65. The molecule has 4 rings (SSSR count). The van der Waals surface area contributed by atoms with E-state index < -0.39 is 0 Å². The molecule has 0 radical (unpaired) electrons. The Hall–Kier alpha value is -3.88. The number of rotatable bonds is 4. The first kappa shape index (κ1) is 17.5. The molecule has 0 aliphatic heterocycles. The summed E-state index contributed by atoms with van der Waals surface area (Å²) in [4.78, 5) is 31.5. The molecule has 0 fully saturated rings. The van der Waals surface area contributed by atoms with Crippen molar-refractivity contribution in [1.29, 1.82) is 0 Å². The van der Waals surface area contributed by atoms with Gasteiger partial charge in [0.1, 0.15) is 0 Å². The Balaban J connectivity index is 1.87. The Bertz CT molecular complexity index is 1200. The number of carbonyl (C=O) groups excluding carboxylic acids is 1. The van der Waals surface area contributed by atoms with Crippen molar-refractivity contribution in [2.75, 3.05) is 11.9 Å². The molecule has 3 heterocycles. The van der Waals surface area contributed by atoms with Crippen molar-refractivity contribution in [3.05, 3.63) is 59.3 Å². The number of fused-ring (bicyclic) bond motifs is 1. The lowest BCUT2D eigenvalue weighted by Crippen LogP contribution is -2.28. The molecule has 3 aromatic heterocycles. The van der Waals surface area contributed by atoms with Crippen LogP contribution in [0.5, 0.6) is 0 Å². The number of carbonyl (C=O) groups is 1. The summed E-state index contributed by atoms with van der Waals surface area (Å²) < 4.78 is 3.22. The van der Waals surface area contributed by atoms with E-state index in [2.05, 4.69) is 25.7 Å². The first-order valence-corrected chi connectivity index (χ1v) is 8.81. The van der Waals surface area contributed by atoms with Gasteiger partial charge in [-0.2, -0.15) is 5.10 Å². The predicted molar refractivity (Wildman–Crippen MR) is 107 cm³/mol. The van der Waals surface area contributed by atoms with Crippen LogP contribution in [0.4, 0.5) is 10.7 Å². The van der Waals surface area contributed by atoms with E-state index in [9.17, 15) is 9.59 Å². The molecule has 0 bridgehead atoms. The minimum Gasteiger partial charge on any atom is -0.338 e. The quantitative estimate of drug-likeness (QED) is 0.507. The van der Waals surface area contributed by atoms with Gasteiger partial charge >= 0.3 is 6.03 Å². The molecule has 9 nitrogen and oxygen atoms in total. The second-order valence-electron chi connectivity index (χ2n) is 6.27. The monoisotopic (exact) mass is 377 g/mol. The number of pyridine rings is 1. The lowest BCUT2D eigenvalue weighted by molar-refractivity contribution is 0.252. The molecule has 0 spiro atoms. The van der Waals surface area contributed by atoms with E-state index in [1.54, 1.807) is 30.2 Å². The van der Waals surface area contributed by atoms with Crippen LogP contribution < -0.4 is 16.2 Å². The van der Waals surface area contributed by atoms with Gasteiger partial charge in [-0.25, -0.2) is 14.5 Å². The first-order valence-electron chi connectivity index (χ1n) is 8.81. The molecule has 0 unspecified atom stereocenters. The topological polar surface area (TPSA) is 110 Å². The molecule has 1 aromatic carbocycles.